The van der Waals surface area contributed by atoms with Crippen LogP contribution in [0.1, 0.15) is 30.9 Å². The highest BCUT2D eigenvalue weighted by Gasteiger charge is 2.63. The van der Waals surface area contributed by atoms with Gasteiger partial charge in [-0.3, -0.25) is 4.79 Å². The van der Waals surface area contributed by atoms with Crippen LogP contribution >= 0.6 is 0 Å². The third-order valence-electron chi connectivity index (χ3n) is 3.97. The normalized spacial score (nSPS) is 25.4. The molecule has 0 radical (unpaired) electrons. The summed E-state index contributed by atoms with van der Waals surface area (Å²) in [5.74, 6) is -0.0695. The molecule has 0 aromatic heterocycles. The van der Waals surface area contributed by atoms with E-state index in [2.05, 4.69) is 0 Å². The van der Waals surface area contributed by atoms with Crippen LogP contribution in [0, 0.1) is 18.3 Å². The average Bonchev–Trinajstić information content (AvgIpc) is 2.82. The first kappa shape index (κ1) is 12.0. The highest BCUT2D eigenvalue weighted by Crippen LogP contribution is 2.65. The summed E-state index contributed by atoms with van der Waals surface area (Å²) in [6.45, 7) is 6.01. The van der Waals surface area contributed by atoms with Crippen LogP contribution in [0.3, 0.4) is 0 Å². The molecule has 17 heavy (non-hydrogen) atoms. The van der Waals surface area contributed by atoms with E-state index in [1.54, 1.807) is 7.11 Å². The molecule has 0 heterocycles. The number of hydrogen-bond donors (Lipinski definition) is 1. The summed E-state index contributed by atoms with van der Waals surface area (Å²) >= 11 is 0. The van der Waals surface area contributed by atoms with Crippen LogP contribution in [0.2, 0.25) is 0 Å². The number of hydrogen-bond acceptors (Lipinski definition) is 2. The van der Waals surface area contributed by atoms with Gasteiger partial charge < -0.3 is 9.84 Å². The van der Waals surface area contributed by atoms with E-state index in [9.17, 15) is 9.90 Å². The number of carbonyl (C=O) groups is 1. The van der Waals surface area contributed by atoms with Gasteiger partial charge in [0, 0.05) is 5.92 Å². The number of carboxylic acid groups (broad SMARTS) is 1. The Labute approximate surface area is 101 Å². The molecule has 1 fully saturated rings. The third-order valence-corrected chi connectivity index (χ3v) is 3.97. The average molecular weight is 234 g/mol. The van der Waals surface area contributed by atoms with Gasteiger partial charge in [0.05, 0.1) is 13.0 Å². The Morgan fingerprint density at radius 2 is 2.06 bits per heavy atom. The van der Waals surface area contributed by atoms with E-state index < -0.39 is 5.97 Å². The first-order chi connectivity index (χ1) is 7.91. The van der Waals surface area contributed by atoms with Gasteiger partial charge in [-0.05, 0) is 29.5 Å². The summed E-state index contributed by atoms with van der Waals surface area (Å²) in [7, 11) is 1.64. The highest BCUT2D eigenvalue weighted by atomic mass is 16.5. The SMILES string of the molecule is COc1cccc(C2C(C(=O)O)C2(C)C)c1C. The van der Waals surface area contributed by atoms with Crippen LogP contribution in [-0.2, 0) is 4.79 Å². The molecule has 2 rings (SSSR count). The fraction of sp³-hybridized carbons (Fsp3) is 0.500. The second-order valence-electron chi connectivity index (χ2n) is 5.29. The molecule has 1 aliphatic rings. The maximum atomic E-state index is 11.2. The molecule has 1 aliphatic carbocycles. The Hall–Kier alpha value is -1.51. The molecule has 0 bridgehead atoms. The van der Waals surface area contributed by atoms with E-state index >= 15 is 0 Å². The van der Waals surface area contributed by atoms with Crippen molar-refractivity contribution < 1.29 is 14.6 Å². The fourth-order valence-corrected chi connectivity index (χ4v) is 2.87. The fourth-order valence-electron chi connectivity index (χ4n) is 2.87. The van der Waals surface area contributed by atoms with Crippen LogP contribution in [0.25, 0.3) is 0 Å². The Balaban J connectivity index is 2.40. The number of aliphatic carboxylic acids is 1. The molecule has 1 aromatic carbocycles. The monoisotopic (exact) mass is 234 g/mol. The summed E-state index contributed by atoms with van der Waals surface area (Å²) < 4.78 is 5.28. The molecule has 3 nitrogen and oxygen atoms in total. The molecule has 92 valence electrons. The summed E-state index contributed by atoms with van der Waals surface area (Å²) in [6, 6.07) is 5.84. The quantitative estimate of drug-likeness (QED) is 0.874. The minimum Gasteiger partial charge on any atom is -0.496 e. The Morgan fingerprint density at radius 3 is 2.53 bits per heavy atom. The van der Waals surface area contributed by atoms with Crippen molar-refractivity contribution in [1.29, 1.82) is 0 Å². The Bertz CT molecular complexity index is 463. The molecule has 0 saturated heterocycles. The lowest BCUT2D eigenvalue weighted by Gasteiger charge is -2.11. The minimum absolute atomic E-state index is 0.0927. The topological polar surface area (TPSA) is 46.5 Å². The zero-order valence-electron chi connectivity index (χ0n) is 10.7. The lowest BCUT2D eigenvalue weighted by Crippen LogP contribution is -2.03. The predicted octanol–water partition coefficient (Wildman–Crippen LogP) is 2.83. The van der Waals surface area contributed by atoms with Crippen molar-refractivity contribution in [3.8, 4) is 5.75 Å². The first-order valence-electron chi connectivity index (χ1n) is 5.77. The van der Waals surface area contributed by atoms with E-state index in [1.807, 2.05) is 39.0 Å². The predicted molar refractivity (Wildman–Crippen MR) is 65.4 cm³/mol. The Kier molecular flexibility index (Phi) is 2.64. The van der Waals surface area contributed by atoms with Crippen molar-refractivity contribution >= 4 is 5.97 Å². The lowest BCUT2D eigenvalue weighted by molar-refractivity contribution is -0.139. The number of rotatable bonds is 3. The number of ether oxygens (including phenoxy) is 1. The standard InChI is InChI=1S/C14H18O3/c1-8-9(6-5-7-10(8)17-4)11-12(13(15)16)14(11,2)3/h5-7,11-12H,1-4H3,(H,15,16). The highest BCUT2D eigenvalue weighted by molar-refractivity contribution is 5.78. The van der Waals surface area contributed by atoms with Gasteiger partial charge in [0.15, 0.2) is 0 Å². The van der Waals surface area contributed by atoms with E-state index in [0.717, 1.165) is 16.9 Å². The van der Waals surface area contributed by atoms with Crippen LogP contribution in [-0.4, -0.2) is 18.2 Å². The van der Waals surface area contributed by atoms with Gasteiger partial charge in [-0.2, -0.15) is 0 Å². The minimum atomic E-state index is -0.706. The molecule has 1 N–H and O–H groups in total. The molecular weight excluding hydrogens is 216 g/mol. The van der Waals surface area contributed by atoms with E-state index in [1.165, 1.54) is 0 Å². The van der Waals surface area contributed by atoms with Crippen LogP contribution in [0.5, 0.6) is 5.75 Å². The number of benzene rings is 1. The van der Waals surface area contributed by atoms with Gasteiger partial charge in [-0.15, -0.1) is 0 Å². The van der Waals surface area contributed by atoms with E-state index in [4.69, 9.17) is 4.74 Å². The van der Waals surface area contributed by atoms with Gasteiger partial charge >= 0.3 is 5.97 Å². The van der Waals surface area contributed by atoms with Crippen molar-refractivity contribution in [2.45, 2.75) is 26.7 Å². The summed E-state index contributed by atoms with van der Waals surface area (Å²) in [5.41, 5.74) is 1.99. The third kappa shape index (κ3) is 1.70. The molecule has 2 atom stereocenters. The van der Waals surface area contributed by atoms with Crippen molar-refractivity contribution in [2.24, 2.45) is 11.3 Å². The van der Waals surface area contributed by atoms with Gasteiger partial charge in [0.1, 0.15) is 5.75 Å². The van der Waals surface area contributed by atoms with Gasteiger partial charge in [-0.1, -0.05) is 26.0 Å². The molecular formula is C14H18O3. The first-order valence-corrected chi connectivity index (χ1v) is 5.77. The maximum Gasteiger partial charge on any atom is 0.307 e. The van der Waals surface area contributed by atoms with E-state index in [-0.39, 0.29) is 17.3 Å². The molecule has 0 spiro atoms. The summed E-state index contributed by atoms with van der Waals surface area (Å²) in [6.07, 6.45) is 0. The van der Waals surface area contributed by atoms with Crippen LogP contribution in [0.4, 0.5) is 0 Å². The van der Waals surface area contributed by atoms with Crippen molar-refractivity contribution in [2.75, 3.05) is 7.11 Å². The maximum absolute atomic E-state index is 11.2. The molecule has 2 unspecified atom stereocenters. The molecule has 1 aromatic rings. The molecule has 0 amide bonds. The van der Waals surface area contributed by atoms with Crippen molar-refractivity contribution in [3.63, 3.8) is 0 Å². The zero-order valence-corrected chi connectivity index (χ0v) is 10.7. The molecule has 0 aliphatic heterocycles. The Morgan fingerprint density at radius 1 is 1.41 bits per heavy atom. The second-order valence-corrected chi connectivity index (χ2v) is 5.29. The summed E-state index contributed by atoms with van der Waals surface area (Å²) in [4.78, 5) is 11.2. The zero-order chi connectivity index (χ0) is 12.8. The largest absolute Gasteiger partial charge is 0.496 e. The van der Waals surface area contributed by atoms with Crippen molar-refractivity contribution in [1.82, 2.24) is 0 Å². The smallest absolute Gasteiger partial charge is 0.307 e. The van der Waals surface area contributed by atoms with Gasteiger partial charge in [0.25, 0.3) is 0 Å². The summed E-state index contributed by atoms with van der Waals surface area (Å²) in [5, 5.41) is 9.21. The number of methoxy groups -OCH3 is 1. The van der Waals surface area contributed by atoms with E-state index in [0.29, 0.717) is 0 Å². The van der Waals surface area contributed by atoms with Crippen LogP contribution in [0.15, 0.2) is 18.2 Å². The molecule has 1 saturated carbocycles. The van der Waals surface area contributed by atoms with Crippen molar-refractivity contribution in [3.05, 3.63) is 29.3 Å². The van der Waals surface area contributed by atoms with Gasteiger partial charge in [-0.25, -0.2) is 0 Å². The van der Waals surface area contributed by atoms with Crippen LogP contribution < -0.4 is 4.74 Å². The molecule has 3 heteroatoms. The lowest BCUT2D eigenvalue weighted by atomic mass is 9.98. The van der Waals surface area contributed by atoms with Gasteiger partial charge in [0.2, 0.25) is 0 Å². The number of carboxylic acids is 1. The second kappa shape index (κ2) is 3.76.